The normalized spacial score (nSPS) is 11.7. The Morgan fingerprint density at radius 3 is 2.37 bits per heavy atom. The summed E-state index contributed by atoms with van der Waals surface area (Å²) in [5.74, 6) is 2.23. The van der Waals surface area contributed by atoms with Gasteiger partial charge >= 0.3 is 0 Å². The van der Waals surface area contributed by atoms with Gasteiger partial charge in [0.15, 0.2) is 0 Å². The summed E-state index contributed by atoms with van der Waals surface area (Å²) in [6.07, 6.45) is 1.00. The number of nitrogens with one attached hydrogen (secondary N) is 2. The van der Waals surface area contributed by atoms with E-state index in [-0.39, 0.29) is 0 Å². The summed E-state index contributed by atoms with van der Waals surface area (Å²) in [5.41, 5.74) is 2.89. The predicted octanol–water partition coefficient (Wildman–Crippen LogP) is 5.50. The standard InChI is InChI=1S/C22H26N4O/c1-4-16(3)23-22-25-20(17-9-7-6-8-10-17)15-21(26-22)24-18-11-13-19(14-12-18)27-5-2/h6-16H,4-5H2,1-3H3,(H2,23,24,25,26)/t16-/m0/s1. The van der Waals surface area contributed by atoms with E-state index in [2.05, 4.69) is 46.6 Å². The molecule has 2 aromatic carbocycles. The van der Waals surface area contributed by atoms with Gasteiger partial charge in [0, 0.05) is 23.4 Å². The molecular weight excluding hydrogens is 336 g/mol. The minimum absolute atomic E-state index is 0.300. The third-order valence-electron chi connectivity index (χ3n) is 4.22. The van der Waals surface area contributed by atoms with Crippen molar-refractivity contribution in [2.24, 2.45) is 0 Å². The Kier molecular flexibility index (Phi) is 6.26. The Labute approximate surface area is 160 Å². The fourth-order valence-electron chi connectivity index (χ4n) is 2.60. The Morgan fingerprint density at radius 2 is 1.70 bits per heavy atom. The van der Waals surface area contributed by atoms with Crippen molar-refractivity contribution in [1.29, 1.82) is 0 Å². The van der Waals surface area contributed by atoms with Gasteiger partial charge in [-0.2, -0.15) is 4.98 Å². The van der Waals surface area contributed by atoms with Crippen LogP contribution in [-0.2, 0) is 0 Å². The van der Waals surface area contributed by atoms with Crippen LogP contribution in [0.4, 0.5) is 17.5 Å². The smallest absolute Gasteiger partial charge is 0.225 e. The first kappa shape index (κ1) is 18.7. The second-order valence-electron chi connectivity index (χ2n) is 6.36. The van der Waals surface area contributed by atoms with Crippen LogP contribution in [0.3, 0.4) is 0 Å². The number of hydrogen-bond acceptors (Lipinski definition) is 5. The van der Waals surface area contributed by atoms with Crippen molar-refractivity contribution in [2.75, 3.05) is 17.2 Å². The summed E-state index contributed by atoms with van der Waals surface area (Å²) < 4.78 is 5.50. The molecule has 140 valence electrons. The summed E-state index contributed by atoms with van der Waals surface area (Å²) in [6.45, 7) is 6.89. The van der Waals surface area contributed by atoms with Gasteiger partial charge < -0.3 is 15.4 Å². The number of hydrogen-bond donors (Lipinski definition) is 2. The van der Waals surface area contributed by atoms with E-state index in [0.717, 1.165) is 34.9 Å². The van der Waals surface area contributed by atoms with Crippen molar-refractivity contribution in [3.8, 4) is 17.0 Å². The topological polar surface area (TPSA) is 59.1 Å². The van der Waals surface area contributed by atoms with Gasteiger partial charge in [-0.15, -0.1) is 0 Å². The van der Waals surface area contributed by atoms with Gasteiger partial charge in [0.05, 0.1) is 12.3 Å². The molecule has 0 unspecified atom stereocenters. The van der Waals surface area contributed by atoms with Gasteiger partial charge in [-0.05, 0) is 44.5 Å². The summed E-state index contributed by atoms with van der Waals surface area (Å²) in [4.78, 5) is 9.33. The Bertz CT molecular complexity index is 850. The van der Waals surface area contributed by atoms with Crippen LogP contribution in [-0.4, -0.2) is 22.6 Å². The van der Waals surface area contributed by atoms with Gasteiger partial charge in [-0.1, -0.05) is 37.3 Å². The molecule has 0 aliphatic heterocycles. The zero-order valence-corrected chi connectivity index (χ0v) is 16.1. The number of nitrogens with zero attached hydrogens (tertiary/aromatic N) is 2. The van der Waals surface area contributed by atoms with Gasteiger partial charge in [0.2, 0.25) is 5.95 Å². The van der Waals surface area contributed by atoms with E-state index in [1.807, 2.05) is 55.5 Å². The largest absolute Gasteiger partial charge is 0.494 e. The SMILES string of the molecule is CCOc1ccc(Nc2cc(-c3ccccc3)nc(N[C@@H](C)CC)n2)cc1. The van der Waals surface area contributed by atoms with Crippen molar-refractivity contribution in [2.45, 2.75) is 33.2 Å². The lowest BCUT2D eigenvalue weighted by Gasteiger charge is -2.15. The van der Waals surface area contributed by atoms with E-state index >= 15 is 0 Å². The maximum Gasteiger partial charge on any atom is 0.225 e. The van der Waals surface area contributed by atoms with E-state index < -0.39 is 0 Å². The molecule has 2 N–H and O–H groups in total. The van der Waals surface area contributed by atoms with Crippen LogP contribution < -0.4 is 15.4 Å². The van der Waals surface area contributed by atoms with Crippen molar-refractivity contribution >= 4 is 17.5 Å². The lowest BCUT2D eigenvalue weighted by Crippen LogP contribution is -2.16. The summed E-state index contributed by atoms with van der Waals surface area (Å²) in [6, 6.07) is 20.3. The van der Waals surface area contributed by atoms with Crippen molar-refractivity contribution < 1.29 is 4.74 Å². The molecule has 27 heavy (non-hydrogen) atoms. The highest BCUT2D eigenvalue weighted by Crippen LogP contribution is 2.25. The van der Waals surface area contributed by atoms with Crippen LogP contribution in [0.5, 0.6) is 5.75 Å². The fraction of sp³-hybridized carbons (Fsp3) is 0.273. The third-order valence-corrected chi connectivity index (χ3v) is 4.22. The van der Waals surface area contributed by atoms with E-state index in [0.29, 0.717) is 18.6 Å². The Balaban J connectivity index is 1.89. The Hall–Kier alpha value is -3.08. The molecule has 5 heteroatoms. The molecule has 0 amide bonds. The predicted molar refractivity (Wildman–Crippen MR) is 112 cm³/mol. The Morgan fingerprint density at radius 1 is 0.963 bits per heavy atom. The highest BCUT2D eigenvalue weighted by Gasteiger charge is 2.09. The first-order valence-electron chi connectivity index (χ1n) is 9.39. The van der Waals surface area contributed by atoms with Gasteiger partial charge in [-0.3, -0.25) is 0 Å². The molecule has 0 aliphatic rings. The minimum Gasteiger partial charge on any atom is -0.494 e. The molecule has 0 radical (unpaired) electrons. The summed E-state index contributed by atoms with van der Waals surface area (Å²) in [5, 5.41) is 6.74. The highest BCUT2D eigenvalue weighted by atomic mass is 16.5. The summed E-state index contributed by atoms with van der Waals surface area (Å²) >= 11 is 0. The molecule has 5 nitrogen and oxygen atoms in total. The second kappa shape index (κ2) is 9.03. The molecule has 0 fully saturated rings. The lowest BCUT2D eigenvalue weighted by atomic mass is 10.1. The zero-order valence-electron chi connectivity index (χ0n) is 16.1. The van der Waals surface area contributed by atoms with Crippen LogP contribution >= 0.6 is 0 Å². The highest BCUT2D eigenvalue weighted by molar-refractivity contribution is 5.67. The first-order valence-corrected chi connectivity index (χ1v) is 9.39. The van der Waals surface area contributed by atoms with E-state index in [9.17, 15) is 0 Å². The monoisotopic (exact) mass is 362 g/mol. The van der Waals surface area contributed by atoms with E-state index in [4.69, 9.17) is 4.74 Å². The van der Waals surface area contributed by atoms with Crippen molar-refractivity contribution in [1.82, 2.24) is 9.97 Å². The van der Waals surface area contributed by atoms with E-state index in [1.54, 1.807) is 0 Å². The number of aromatic nitrogens is 2. The fourth-order valence-corrected chi connectivity index (χ4v) is 2.60. The molecule has 1 atom stereocenters. The second-order valence-corrected chi connectivity index (χ2v) is 6.36. The average Bonchev–Trinajstić information content (AvgIpc) is 2.70. The van der Waals surface area contributed by atoms with Crippen molar-refractivity contribution in [3.63, 3.8) is 0 Å². The maximum atomic E-state index is 5.50. The number of benzene rings is 2. The number of anilines is 3. The summed E-state index contributed by atoms with van der Waals surface area (Å²) in [7, 11) is 0. The van der Waals surface area contributed by atoms with Crippen LogP contribution in [0.2, 0.25) is 0 Å². The zero-order chi connectivity index (χ0) is 19.1. The number of ether oxygens (including phenoxy) is 1. The molecule has 0 aliphatic carbocycles. The molecular formula is C22H26N4O. The third kappa shape index (κ3) is 5.20. The molecule has 1 heterocycles. The quantitative estimate of drug-likeness (QED) is 0.554. The van der Waals surface area contributed by atoms with Gasteiger partial charge in [0.1, 0.15) is 11.6 Å². The first-order chi connectivity index (χ1) is 13.2. The van der Waals surface area contributed by atoms with Crippen LogP contribution in [0.25, 0.3) is 11.3 Å². The molecule has 0 spiro atoms. The van der Waals surface area contributed by atoms with Gasteiger partial charge in [0.25, 0.3) is 0 Å². The number of rotatable bonds is 8. The average molecular weight is 362 g/mol. The maximum absolute atomic E-state index is 5.50. The molecule has 1 aromatic heterocycles. The van der Waals surface area contributed by atoms with Crippen LogP contribution in [0.1, 0.15) is 27.2 Å². The van der Waals surface area contributed by atoms with Crippen molar-refractivity contribution in [3.05, 3.63) is 60.7 Å². The van der Waals surface area contributed by atoms with Crippen LogP contribution in [0.15, 0.2) is 60.7 Å². The van der Waals surface area contributed by atoms with Gasteiger partial charge in [-0.25, -0.2) is 4.98 Å². The van der Waals surface area contributed by atoms with E-state index in [1.165, 1.54) is 0 Å². The molecule has 3 rings (SSSR count). The van der Waals surface area contributed by atoms with Crippen LogP contribution in [0, 0.1) is 0 Å². The minimum atomic E-state index is 0.300. The molecule has 3 aromatic rings. The lowest BCUT2D eigenvalue weighted by molar-refractivity contribution is 0.340. The molecule has 0 saturated heterocycles. The molecule has 0 saturated carbocycles. The molecule has 0 bridgehead atoms.